The first-order valence-electron chi connectivity index (χ1n) is 5.93. The van der Waals surface area contributed by atoms with E-state index in [9.17, 15) is 4.79 Å². The van der Waals surface area contributed by atoms with E-state index in [0.29, 0.717) is 18.5 Å². The first-order chi connectivity index (χ1) is 6.97. The standard InChI is InChI=1S/C12H25NO2/c1-5-11(4)13(8-6-10(2)3)9-7-12(14)15/h10-11H,5-9H2,1-4H3,(H,14,15). The Morgan fingerprint density at radius 1 is 1.27 bits per heavy atom. The van der Waals surface area contributed by atoms with Crippen molar-refractivity contribution >= 4 is 5.97 Å². The zero-order chi connectivity index (χ0) is 11.8. The normalized spacial score (nSPS) is 13.5. The van der Waals surface area contributed by atoms with Crippen LogP contribution in [0.15, 0.2) is 0 Å². The molecule has 15 heavy (non-hydrogen) atoms. The topological polar surface area (TPSA) is 40.5 Å². The van der Waals surface area contributed by atoms with Crippen molar-refractivity contribution in [3.63, 3.8) is 0 Å². The first-order valence-corrected chi connectivity index (χ1v) is 5.93. The number of aliphatic carboxylic acids is 1. The Labute approximate surface area is 93.5 Å². The fraction of sp³-hybridized carbons (Fsp3) is 0.917. The molecule has 0 aromatic rings. The van der Waals surface area contributed by atoms with E-state index in [2.05, 4.69) is 32.6 Å². The summed E-state index contributed by atoms with van der Waals surface area (Å²) >= 11 is 0. The van der Waals surface area contributed by atoms with E-state index < -0.39 is 5.97 Å². The molecule has 0 saturated carbocycles. The minimum atomic E-state index is -0.701. The van der Waals surface area contributed by atoms with Crippen LogP contribution in [-0.4, -0.2) is 35.1 Å². The van der Waals surface area contributed by atoms with Gasteiger partial charge in [0.1, 0.15) is 0 Å². The summed E-state index contributed by atoms with van der Waals surface area (Å²) in [5.41, 5.74) is 0. The lowest BCUT2D eigenvalue weighted by Gasteiger charge is -2.28. The van der Waals surface area contributed by atoms with Crippen LogP contribution in [0.5, 0.6) is 0 Å². The fourth-order valence-electron chi connectivity index (χ4n) is 1.47. The Bertz CT molecular complexity index is 180. The highest BCUT2D eigenvalue weighted by molar-refractivity contribution is 5.66. The summed E-state index contributed by atoms with van der Waals surface area (Å²) in [5, 5.41) is 8.67. The fourth-order valence-corrected chi connectivity index (χ4v) is 1.47. The van der Waals surface area contributed by atoms with Crippen molar-refractivity contribution in [2.75, 3.05) is 13.1 Å². The maximum Gasteiger partial charge on any atom is 0.304 e. The lowest BCUT2D eigenvalue weighted by molar-refractivity contribution is -0.137. The molecule has 1 N–H and O–H groups in total. The van der Waals surface area contributed by atoms with Crippen molar-refractivity contribution in [1.29, 1.82) is 0 Å². The molecular weight excluding hydrogens is 190 g/mol. The Kier molecular flexibility index (Phi) is 7.39. The summed E-state index contributed by atoms with van der Waals surface area (Å²) in [6.07, 6.45) is 2.48. The monoisotopic (exact) mass is 215 g/mol. The molecular formula is C12H25NO2. The highest BCUT2D eigenvalue weighted by Gasteiger charge is 2.13. The molecule has 0 aliphatic carbocycles. The van der Waals surface area contributed by atoms with E-state index in [4.69, 9.17) is 5.11 Å². The van der Waals surface area contributed by atoms with Crippen LogP contribution < -0.4 is 0 Å². The van der Waals surface area contributed by atoms with Gasteiger partial charge in [0.25, 0.3) is 0 Å². The van der Waals surface area contributed by atoms with Gasteiger partial charge in [-0.2, -0.15) is 0 Å². The van der Waals surface area contributed by atoms with E-state index >= 15 is 0 Å². The van der Waals surface area contributed by atoms with Crippen molar-refractivity contribution in [2.45, 2.75) is 53.0 Å². The van der Waals surface area contributed by atoms with Gasteiger partial charge in [0.05, 0.1) is 6.42 Å². The second kappa shape index (κ2) is 7.69. The molecule has 3 nitrogen and oxygen atoms in total. The molecule has 0 aromatic carbocycles. The predicted octanol–water partition coefficient (Wildman–Crippen LogP) is 2.61. The Morgan fingerprint density at radius 3 is 2.27 bits per heavy atom. The number of hydrogen-bond donors (Lipinski definition) is 1. The predicted molar refractivity (Wildman–Crippen MR) is 63.0 cm³/mol. The van der Waals surface area contributed by atoms with Gasteiger partial charge in [-0.05, 0) is 32.2 Å². The van der Waals surface area contributed by atoms with E-state index in [1.807, 2.05) is 0 Å². The molecule has 0 radical (unpaired) electrons. The average Bonchev–Trinajstić information content (AvgIpc) is 2.16. The third-order valence-electron chi connectivity index (χ3n) is 2.82. The van der Waals surface area contributed by atoms with Crippen LogP contribution in [0, 0.1) is 5.92 Å². The van der Waals surface area contributed by atoms with Crippen molar-refractivity contribution in [1.82, 2.24) is 4.90 Å². The van der Waals surface area contributed by atoms with Crippen LogP contribution >= 0.6 is 0 Å². The summed E-state index contributed by atoms with van der Waals surface area (Å²) < 4.78 is 0. The van der Waals surface area contributed by atoms with Crippen molar-refractivity contribution in [3.8, 4) is 0 Å². The SMILES string of the molecule is CCC(C)N(CCC(=O)O)CCC(C)C. The van der Waals surface area contributed by atoms with Crippen LogP contribution in [0.2, 0.25) is 0 Å². The number of nitrogens with zero attached hydrogens (tertiary/aromatic N) is 1. The molecule has 0 bridgehead atoms. The van der Waals surface area contributed by atoms with Crippen LogP contribution in [0.4, 0.5) is 0 Å². The van der Waals surface area contributed by atoms with Gasteiger partial charge in [-0.25, -0.2) is 0 Å². The Balaban J connectivity index is 4.00. The van der Waals surface area contributed by atoms with Crippen LogP contribution in [0.25, 0.3) is 0 Å². The molecule has 90 valence electrons. The zero-order valence-electron chi connectivity index (χ0n) is 10.5. The molecule has 0 saturated heterocycles. The minimum absolute atomic E-state index is 0.252. The third-order valence-corrected chi connectivity index (χ3v) is 2.82. The lowest BCUT2D eigenvalue weighted by atomic mass is 10.1. The highest BCUT2D eigenvalue weighted by atomic mass is 16.4. The minimum Gasteiger partial charge on any atom is -0.481 e. The molecule has 0 spiro atoms. The molecule has 1 atom stereocenters. The Morgan fingerprint density at radius 2 is 1.87 bits per heavy atom. The van der Waals surface area contributed by atoms with Crippen LogP contribution in [-0.2, 0) is 4.79 Å². The summed E-state index contributed by atoms with van der Waals surface area (Å²) in [7, 11) is 0. The molecule has 0 rings (SSSR count). The number of carboxylic acid groups (broad SMARTS) is 1. The van der Waals surface area contributed by atoms with Gasteiger partial charge in [-0.15, -0.1) is 0 Å². The van der Waals surface area contributed by atoms with Crippen LogP contribution in [0.1, 0.15) is 47.0 Å². The molecule has 0 heterocycles. The molecule has 0 aromatic heterocycles. The van der Waals surface area contributed by atoms with Gasteiger partial charge in [-0.3, -0.25) is 4.79 Å². The molecule has 1 unspecified atom stereocenters. The van der Waals surface area contributed by atoms with E-state index in [1.165, 1.54) is 0 Å². The highest BCUT2D eigenvalue weighted by Crippen LogP contribution is 2.09. The number of hydrogen-bond acceptors (Lipinski definition) is 2. The zero-order valence-corrected chi connectivity index (χ0v) is 10.5. The summed E-state index contributed by atoms with van der Waals surface area (Å²) in [4.78, 5) is 12.8. The smallest absolute Gasteiger partial charge is 0.304 e. The lowest BCUT2D eigenvalue weighted by Crippen LogP contribution is -2.35. The maximum atomic E-state index is 10.5. The third kappa shape index (κ3) is 7.37. The van der Waals surface area contributed by atoms with E-state index in [0.717, 1.165) is 19.4 Å². The van der Waals surface area contributed by atoms with Gasteiger partial charge in [0.2, 0.25) is 0 Å². The second-order valence-corrected chi connectivity index (χ2v) is 4.62. The van der Waals surface area contributed by atoms with Crippen molar-refractivity contribution in [2.24, 2.45) is 5.92 Å². The molecule has 0 aliphatic rings. The van der Waals surface area contributed by atoms with Gasteiger partial charge in [0, 0.05) is 12.6 Å². The maximum absolute atomic E-state index is 10.5. The summed E-state index contributed by atoms with van der Waals surface area (Å²) in [6.45, 7) is 10.4. The Hall–Kier alpha value is -0.570. The number of carbonyl (C=O) groups is 1. The van der Waals surface area contributed by atoms with Crippen molar-refractivity contribution in [3.05, 3.63) is 0 Å². The second-order valence-electron chi connectivity index (χ2n) is 4.62. The van der Waals surface area contributed by atoms with Crippen LogP contribution in [0.3, 0.4) is 0 Å². The summed E-state index contributed by atoms with van der Waals surface area (Å²) in [6, 6.07) is 0.489. The molecule has 0 fully saturated rings. The van der Waals surface area contributed by atoms with Gasteiger partial charge < -0.3 is 10.0 Å². The van der Waals surface area contributed by atoms with E-state index in [-0.39, 0.29) is 6.42 Å². The van der Waals surface area contributed by atoms with Gasteiger partial charge in [-0.1, -0.05) is 20.8 Å². The number of carboxylic acids is 1. The average molecular weight is 215 g/mol. The van der Waals surface area contributed by atoms with Gasteiger partial charge >= 0.3 is 5.97 Å². The summed E-state index contributed by atoms with van der Waals surface area (Å²) in [5.74, 6) is -0.0192. The quantitative estimate of drug-likeness (QED) is 0.676. The van der Waals surface area contributed by atoms with E-state index in [1.54, 1.807) is 0 Å². The molecule has 0 aliphatic heterocycles. The van der Waals surface area contributed by atoms with Crippen molar-refractivity contribution < 1.29 is 9.90 Å². The number of rotatable bonds is 8. The van der Waals surface area contributed by atoms with Gasteiger partial charge in [0.15, 0.2) is 0 Å². The first kappa shape index (κ1) is 14.4. The molecule has 3 heteroatoms. The largest absolute Gasteiger partial charge is 0.481 e. The molecule has 0 amide bonds.